The van der Waals surface area contributed by atoms with Gasteiger partial charge in [0.1, 0.15) is 11.3 Å². The first-order chi connectivity index (χ1) is 21.4. The third-order valence-corrected chi connectivity index (χ3v) is 7.91. The summed E-state index contributed by atoms with van der Waals surface area (Å²) in [5.74, 6) is 0.466. The molecule has 0 spiro atoms. The molecular formula is C33H38ClN5O6. The lowest BCUT2D eigenvalue weighted by atomic mass is 10.00. The third kappa shape index (κ3) is 6.99. The number of aromatic nitrogens is 4. The average molecular weight is 636 g/mol. The molecule has 0 radical (unpaired) electrons. The summed E-state index contributed by atoms with van der Waals surface area (Å²) in [5.41, 5.74) is 3.09. The number of halogens is 1. The van der Waals surface area contributed by atoms with Gasteiger partial charge in [-0.2, -0.15) is 0 Å². The maximum atomic E-state index is 13.1. The van der Waals surface area contributed by atoms with Crippen LogP contribution in [0.15, 0.2) is 64.6 Å². The molecule has 11 nitrogen and oxygen atoms in total. The molecule has 238 valence electrons. The highest BCUT2D eigenvalue weighted by Crippen LogP contribution is 2.40. The van der Waals surface area contributed by atoms with E-state index in [-0.39, 0.29) is 30.2 Å². The summed E-state index contributed by atoms with van der Waals surface area (Å²) < 4.78 is 21.6. The summed E-state index contributed by atoms with van der Waals surface area (Å²) in [5, 5.41) is 0.390. The largest absolute Gasteiger partial charge is 0.465 e. The van der Waals surface area contributed by atoms with Gasteiger partial charge >= 0.3 is 11.8 Å². The summed E-state index contributed by atoms with van der Waals surface area (Å²) in [7, 11) is 3.21. The number of benzene rings is 1. The molecule has 0 bridgehead atoms. The van der Waals surface area contributed by atoms with Gasteiger partial charge in [0.25, 0.3) is 5.56 Å². The number of carbonyl (C=O) groups excluding carboxylic acids is 1. The van der Waals surface area contributed by atoms with Crippen molar-refractivity contribution in [3.05, 3.63) is 86.5 Å². The smallest absolute Gasteiger partial charge is 0.410 e. The molecule has 45 heavy (non-hydrogen) atoms. The Bertz CT molecular complexity index is 1830. The van der Waals surface area contributed by atoms with E-state index in [0.29, 0.717) is 53.6 Å². The minimum absolute atomic E-state index is 0.0290. The predicted molar refractivity (Wildman–Crippen MR) is 172 cm³/mol. The van der Waals surface area contributed by atoms with Crippen molar-refractivity contribution in [2.24, 2.45) is 7.05 Å². The molecule has 1 fully saturated rings. The van der Waals surface area contributed by atoms with Crippen LogP contribution in [0.3, 0.4) is 0 Å². The molecule has 1 aliphatic rings. The van der Waals surface area contributed by atoms with Crippen LogP contribution in [0.5, 0.6) is 5.75 Å². The van der Waals surface area contributed by atoms with Crippen molar-refractivity contribution in [3.63, 3.8) is 0 Å². The van der Waals surface area contributed by atoms with Crippen LogP contribution in [0.2, 0.25) is 5.02 Å². The van der Waals surface area contributed by atoms with Gasteiger partial charge in [0, 0.05) is 74.8 Å². The Hall–Kier alpha value is -4.35. The zero-order chi connectivity index (χ0) is 32.5. The van der Waals surface area contributed by atoms with Crippen molar-refractivity contribution in [2.45, 2.75) is 52.2 Å². The number of carbonyl (C=O) groups is 1. The van der Waals surface area contributed by atoms with Crippen LogP contribution in [-0.4, -0.2) is 62.3 Å². The Morgan fingerprint density at radius 1 is 1.04 bits per heavy atom. The quantitative estimate of drug-likeness (QED) is 0.244. The lowest BCUT2D eigenvalue weighted by Crippen LogP contribution is -2.43. The number of likely N-dealkylation sites (tertiary alicyclic amines) is 1. The molecule has 0 saturated carbocycles. The first kappa shape index (κ1) is 32.1. The fourth-order valence-corrected chi connectivity index (χ4v) is 5.71. The van der Waals surface area contributed by atoms with E-state index < -0.39 is 5.60 Å². The van der Waals surface area contributed by atoms with Crippen molar-refractivity contribution in [3.8, 4) is 33.8 Å². The first-order valence-corrected chi connectivity index (χ1v) is 15.1. The van der Waals surface area contributed by atoms with Crippen molar-refractivity contribution < 1.29 is 19.0 Å². The highest BCUT2D eigenvalue weighted by Gasteiger charge is 2.28. The van der Waals surface area contributed by atoms with Gasteiger partial charge in [-0.25, -0.2) is 14.6 Å². The number of amides is 1. The maximum absolute atomic E-state index is 13.1. The highest BCUT2D eigenvalue weighted by atomic mass is 35.5. The summed E-state index contributed by atoms with van der Waals surface area (Å²) in [6.07, 6.45) is 6.02. The fourth-order valence-electron chi connectivity index (χ4n) is 5.43. The van der Waals surface area contributed by atoms with E-state index in [4.69, 9.17) is 30.8 Å². The molecule has 0 unspecified atom stereocenters. The molecule has 1 aromatic carbocycles. The number of hydrogen-bond acceptors (Lipinski definition) is 7. The van der Waals surface area contributed by atoms with Crippen LogP contribution in [0.4, 0.5) is 4.79 Å². The van der Waals surface area contributed by atoms with Gasteiger partial charge in [-0.05, 0) is 70.4 Å². The Labute approximate surface area is 266 Å². The standard InChI is InChI=1S/C33H38ClN5O6/c1-21-17-25(22-7-9-27(26(34)18-22)38-16-15-36(5)31(38)41)30(44-20-43-6)29(35-21)23-8-10-28(40)39(19-23)24-11-13-37(14-12-24)32(42)45-33(2,3)4/h7-10,15-19,24H,11-14,20H2,1-6H3. The molecule has 3 aromatic heterocycles. The van der Waals surface area contributed by atoms with E-state index in [1.54, 1.807) is 53.3 Å². The van der Waals surface area contributed by atoms with E-state index in [1.807, 2.05) is 39.8 Å². The Kier molecular flexibility index (Phi) is 9.22. The molecule has 1 amide bonds. The van der Waals surface area contributed by atoms with Gasteiger partial charge in [-0.1, -0.05) is 17.7 Å². The molecular weight excluding hydrogens is 598 g/mol. The minimum atomic E-state index is -0.573. The molecule has 12 heteroatoms. The Morgan fingerprint density at radius 3 is 2.38 bits per heavy atom. The first-order valence-electron chi connectivity index (χ1n) is 14.7. The Balaban J connectivity index is 1.50. The van der Waals surface area contributed by atoms with Crippen LogP contribution < -0.4 is 16.0 Å². The molecule has 1 saturated heterocycles. The number of imidazole rings is 1. The lowest BCUT2D eigenvalue weighted by Gasteiger charge is -2.34. The number of ether oxygens (including phenoxy) is 3. The van der Waals surface area contributed by atoms with Gasteiger partial charge < -0.3 is 28.2 Å². The SMILES string of the molecule is COCOc1c(-c2ccc(-n3ccn(C)c3=O)c(Cl)c2)cc(C)nc1-c1ccc(=O)n(C2CCN(C(=O)OC(C)(C)C)CC2)c1. The number of hydrogen-bond donors (Lipinski definition) is 0. The zero-order valence-corrected chi connectivity index (χ0v) is 27.1. The highest BCUT2D eigenvalue weighted by molar-refractivity contribution is 6.32. The third-order valence-electron chi connectivity index (χ3n) is 7.61. The monoisotopic (exact) mass is 635 g/mol. The summed E-state index contributed by atoms with van der Waals surface area (Å²) in [4.78, 5) is 44.7. The van der Waals surface area contributed by atoms with E-state index in [2.05, 4.69) is 0 Å². The zero-order valence-electron chi connectivity index (χ0n) is 26.4. The predicted octanol–water partition coefficient (Wildman–Crippen LogP) is 5.58. The summed E-state index contributed by atoms with van der Waals surface area (Å²) >= 11 is 6.71. The van der Waals surface area contributed by atoms with Crippen LogP contribution >= 0.6 is 11.6 Å². The second-order valence-corrected chi connectivity index (χ2v) is 12.5. The fraction of sp³-hybridized carbons (Fsp3) is 0.394. The second kappa shape index (κ2) is 12.9. The van der Waals surface area contributed by atoms with Gasteiger partial charge in [0.2, 0.25) is 0 Å². The molecule has 1 aliphatic heterocycles. The average Bonchev–Trinajstić information content (AvgIpc) is 3.32. The van der Waals surface area contributed by atoms with Gasteiger partial charge in [0.15, 0.2) is 12.5 Å². The van der Waals surface area contributed by atoms with E-state index in [1.165, 1.54) is 22.3 Å². The molecule has 0 atom stereocenters. The molecule has 0 N–H and O–H groups in total. The van der Waals surface area contributed by atoms with Gasteiger partial charge in [-0.15, -0.1) is 0 Å². The number of pyridine rings is 2. The topological polar surface area (TPSA) is 110 Å². The molecule has 0 aliphatic carbocycles. The molecule has 4 heterocycles. The van der Waals surface area contributed by atoms with Crippen molar-refractivity contribution in [2.75, 3.05) is 27.0 Å². The van der Waals surface area contributed by atoms with E-state index >= 15 is 0 Å². The van der Waals surface area contributed by atoms with Crippen molar-refractivity contribution >= 4 is 17.7 Å². The van der Waals surface area contributed by atoms with Crippen LogP contribution in [0, 0.1) is 6.92 Å². The van der Waals surface area contributed by atoms with Gasteiger partial charge in [0.05, 0.1) is 10.7 Å². The minimum Gasteiger partial charge on any atom is -0.465 e. The normalized spacial score (nSPS) is 14.1. The van der Waals surface area contributed by atoms with Crippen molar-refractivity contribution in [1.82, 2.24) is 23.6 Å². The number of methoxy groups -OCH3 is 1. The maximum Gasteiger partial charge on any atom is 0.410 e. The number of aryl methyl sites for hydroxylation is 2. The van der Waals surface area contributed by atoms with E-state index in [0.717, 1.165) is 16.8 Å². The van der Waals surface area contributed by atoms with E-state index in [9.17, 15) is 14.4 Å². The van der Waals surface area contributed by atoms with Crippen LogP contribution in [0.1, 0.15) is 45.3 Å². The lowest BCUT2D eigenvalue weighted by molar-refractivity contribution is 0.0187. The second-order valence-electron chi connectivity index (χ2n) is 12.1. The number of rotatable bonds is 7. The number of piperidine rings is 1. The Morgan fingerprint density at radius 2 is 1.76 bits per heavy atom. The van der Waals surface area contributed by atoms with Crippen molar-refractivity contribution in [1.29, 1.82) is 0 Å². The molecule has 4 aromatic rings. The van der Waals surface area contributed by atoms with Crippen LogP contribution in [0.25, 0.3) is 28.1 Å². The molecule has 5 rings (SSSR count). The summed E-state index contributed by atoms with van der Waals surface area (Å²) in [6, 6.07) is 10.5. The number of nitrogens with zero attached hydrogens (tertiary/aromatic N) is 5. The van der Waals surface area contributed by atoms with Gasteiger partial charge in [-0.3, -0.25) is 9.36 Å². The summed E-state index contributed by atoms with van der Waals surface area (Å²) in [6.45, 7) is 8.35. The van der Waals surface area contributed by atoms with Crippen LogP contribution in [-0.2, 0) is 16.5 Å².